The van der Waals surface area contributed by atoms with Gasteiger partial charge in [0, 0.05) is 10.8 Å². The molecule has 0 saturated carbocycles. The maximum Gasteiger partial charge on any atom is 0.186 e. The number of aliphatic hydroxyl groups excluding tert-OH is 1. The Hall–Kier alpha value is -1.74. The lowest BCUT2D eigenvalue weighted by Crippen LogP contribution is -1.94. The Morgan fingerprint density at radius 3 is 2.43 bits per heavy atom. The number of rotatable bonds is 2. The average molecular weight is 190 g/mol. The summed E-state index contributed by atoms with van der Waals surface area (Å²) in [6, 6.07) is 10.5. The first-order valence-electron chi connectivity index (χ1n) is 4.27. The van der Waals surface area contributed by atoms with Crippen LogP contribution in [-0.4, -0.2) is 17.0 Å². The van der Waals surface area contributed by atoms with E-state index in [1.165, 1.54) is 0 Å². The summed E-state index contributed by atoms with van der Waals surface area (Å²) in [5.74, 6) is 0.784. The molecule has 0 radical (unpaired) electrons. The minimum atomic E-state index is -0.366. The third-order valence-corrected chi connectivity index (χ3v) is 2.08. The Bertz CT molecular complexity index is 451. The van der Waals surface area contributed by atoms with Crippen molar-refractivity contribution in [2.75, 3.05) is 6.79 Å². The highest BCUT2D eigenvalue weighted by Gasteiger charge is 2.04. The van der Waals surface area contributed by atoms with Crippen LogP contribution >= 0.6 is 0 Å². The van der Waals surface area contributed by atoms with Crippen LogP contribution < -0.4 is 4.74 Å². The summed E-state index contributed by atoms with van der Waals surface area (Å²) in [4.78, 5) is 0. The van der Waals surface area contributed by atoms with Crippen molar-refractivity contribution in [1.82, 2.24) is 0 Å². The summed E-state index contributed by atoms with van der Waals surface area (Å²) in [5.41, 5.74) is 0. The Morgan fingerprint density at radius 2 is 1.71 bits per heavy atom. The normalized spacial score (nSPS) is 10.4. The smallest absolute Gasteiger partial charge is 0.186 e. The number of fused-ring (bicyclic) bond motifs is 1. The molecule has 0 atom stereocenters. The molecule has 14 heavy (non-hydrogen) atoms. The number of aliphatic hydroxyl groups is 1. The van der Waals surface area contributed by atoms with Crippen LogP contribution in [0.4, 0.5) is 0 Å². The van der Waals surface area contributed by atoms with Gasteiger partial charge in [-0.15, -0.1) is 0 Å². The molecule has 0 amide bonds. The van der Waals surface area contributed by atoms with Crippen molar-refractivity contribution in [3.63, 3.8) is 0 Å². The molecule has 0 spiro atoms. The van der Waals surface area contributed by atoms with Crippen LogP contribution in [0.1, 0.15) is 0 Å². The SMILES string of the molecule is OCOc1ccc(O)c2ccccc12. The molecule has 72 valence electrons. The lowest BCUT2D eigenvalue weighted by molar-refractivity contribution is 0.1000. The van der Waals surface area contributed by atoms with Gasteiger partial charge in [-0.05, 0) is 12.1 Å². The molecule has 3 heteroatoms. The van der Waals surface area contributed by atoms with Crippen LogP contribution in [0.15, 0.2) is 36.4 Å². The highest BCUT2D eigenvalue weighted by atomic mass is 16.6. The molecule has 2 aromatic carbocycles. The van der Waals surface area contributed by atoms with Crippen LogP contribution in [0.2, 0.25) is 0 Å². The summed E-state index contributed by atoms with van der Waals surface area (Å²) in [6.07, 6.45) is 0. The number of phenols is 1. The van der Waals surface area contributed by atoms with Crippen LogP contribution in [0.3, 0.4) is 0 Å². The Balaban J connectivity index is 2.68. The van der Waals surface area contributed by atoms with Crippen molar-refractivity contribution in [2.45, 2.75) is 0 Å². The van der Waals surface area contributed by atoms with Gasteiger partial charge in [-0.2, -0.15) is 0 Å². The molecule has 0 fully saturated rings. The van der Waals surface area contributed by atoms with Gasteiger partial charge in [0.1, 0.15) is 11.5 Å². The van der Waals surface area contributed by atoms with E-state index in [1.54, 1.807) is 18.2 Å². The van der Waals surface area contributed by atoms with Gasteiger partial charge < -0.3 is 14.9 Å². The summed E-state index contributed by atoms with van der Waals surface area (Å²) in [6.45, 7) is -0.366. The quantitative estimate of drug-likeness (QED) is 0.711. The summed E-state index contributed by atoms with van der Waals surface area (Å²) < 4.78 is 5.02. The van der Waals surface area contributed by atoms with E-state index >= 15 is 0 Å². The first-order chi connectivity index (χ1) is 6.83. The van der Waals surface area contributed by atoms with E-state index in [4.69, 9.17) is 9.84 Å². The van der Waals surface area contributed by atoms with Crippen LogP contribution in [-0.2, 0) is 0 Å². The van der Waals surface area contributed by atoms with Crippen molar-refractivity contribution >= 4 is 10.8 Å². The largest absolute Gasteiger partial charge is 0.507 e. The Morgan fingerprint density at radius 1 is 1.00 bits per heavy atom. The van der Waals surface area contributed by atoms with E-state index in [9.17, 15) is 5.11 Å². The van der Waals surface area contributed by atoms with E-state index in [0.29, 0.717) is 5.75 Å². The zero-order valence-electron chi connectivity index (χ0n) is 7.47. The number of aromatic hydroxyl groups is 1. The van der Waals surface area contributed by atoms with Crippen molar-refractivity contribution in [3.05, 3.63) is 36.4 Å². The summed E-state index contributed by atoms with van der Waals surface area (Å²) >= 11 is 0. The van der Waals surface area contributed by atoms with Crippen molar-refractivity contribution in [3.8, 4) is 11.5 Å². The fraction of sp³-hybridized carbons (Fsp3) is 0.0909. The van der Waals surface area contributed by atoms with Crippen LogP contribution in [0.25, 0.3) is 10.8 Å². The minimum absolute atomic E-state index is 0.214. The summed E-state index contributed by atoms with van der Waals surface area (Å²) in [5, 5.41) is 19.7. The predicted octanol–water partition coefficient (Wildman–Crippen LogP) is 1.87. The van der Waals surface area contributed by atoms with Gasteiger partial charge in [-0.25, -0.2) is 0 Å². The van der Waals surface area contributed by atoms with Gasteiger partial charge in [-0.1, -0.05) is 24.3 Å². The first kappa shape index (κ1) is 8.84. The molecule has 0 aliphatic rings. The number of ether oxygens (including phenoxy) is 1. The molecule has 3 nitrogen and oxygen atoms in total. The lowest BCUT2D eigenvalue weighted by Gasteiger charge is -2.07. The van der Waals surface area contributed by atoms with Crippen molar-refractivity contribution in [2.24, 2.45) is 0 Å². The molecular formula is C11H10O3. The van der Waals surface area contributed by atoms with Gasteiger partial charge in [0.25, 0.3) is 0 Å². The molecule has 0 bridgehead atoms. The molecule has 2 aromatic rings. The third kappa shape index (κ3) is 1.38. The zero-order valence-corrected chi connectivity index (χ0v) is 7.47. The highest BCUT2D eigenvalue weighted by Crippen LogP contribution is 2.31. The third-order valence-electron chi connectivity index (χ3n) is 2.08. The minimum Gasteiger partial charge on any atom is -0.507 e. The van der Waals surface area contributed by atoms with E-state index in [0.717, 1.165) is 10.8 Å². The van der Waals surface area contributed by atoms with Gasteiger partial charge in [0.05, 0.1) is 0 Å². The van der Waals surface area contributed by atoms with Gasteiger partial charge >= 0.3 is 0 Å². The maximum absolute atomic E-state index is 9.55. The topological polar surface area (TPSA) is 49.7 Å². The van der Waals surface area contributed by atoms with Crippen LogP contribution in [0.5, 0.6) is 11.5 Å². The van der Waals surface area contributed by atoms with E-state index in [-0.39, 0.29) is 12.5 Å². The fourth-order valence-corrected chi connectivity index (χ4v) is 1.45. The standard InChI is InChI=1S/C11H10O3/c12-7-14-11-6-5-10(13)8-3-1-2-4-9(8)11/h1-6,12-13H,7H2. The first-order valence-corrected chi connectivity index (χ1v) is 4.27. The Labute approximate surface area is 81.2 Å². The Kier molecular flexibility index (Phi) is 2.24. The monoisotopic (exact) mass is 190 g/mol. The van der Waals surface area contributed by atoms with Gasteiger partial charge in [-0.3, -0.25) is 0 Å². The molecule has 0 saturated heterocycles. The van der Waals surface area contributed by atoms with Crippen LogP contribution in [0, 0.1) is 0 Å². The van der Waals surface area contributed by atoms with E-state index in [2.05, 4.69) is 0 Å². The molecule has 2 N–H and O–H groups in total. The second-order valence-electron chi connectivity index (χ2n) is 2.90. The van der Waals surface area contributed by atoms with Gasteiger partial charge in [0.2, 0.25) is 0 Å². The highest BCUT2D eigenvalue weighted by molar-refractivity contribution is 5.92. The lowest BCUT2D eigenvalue weighted by atomic mass is 10.1. The molecule has 0 aliphatic heterocycles. The van der Waals surface area contributed by atoms with Crippen molar-refractivity contribution < 1.29 is 14.9 Å². The molecular weight excluding hydrogens is 180 g/mol. The number of benzene rings is 2. The second-order valence-corrected chi connectivity index (χ2v) is 2.90. The zero-order chi connectivity index (χ0) is 9.97. The average Bonchev–Trinajstić information content (AvgIpc) is 2.23. The fourth-order valence-electron chi connectivity index (χ4n) is 1.45. The second kappa shape index (κ2) is 3.55. The molecule has 0 heterocycles. The molecule has 0 aromatic heterocycles. The summed E-state index contributed by atoms with van der Waals surface area (Å²) in [7, 11) is 0. The van der Waals surface area contributed by atoms with Gasteiger partial charge in [0.15, 0.2) is 6.79 Å². The number of hydrogen-bond donors (Lipinski definition) is 2. The maximum atomic E-state index is 9.55. The molecule has 0 unspecified atom stereocenters. The molecule has 0 aliphatic carbocycles. The predicted molar refractivity (Wildman–Crippen MR) is 53.3 cm³/mol. The number of phenolic OH excluding ortho intramolecular Hbond substituents is 1. The molecule has 2 rings (SSSR count). The van der Waals surface area contributed by atoms with E-state index in [1.807, 2.05) is 18.2 Å². The number of hydrogen-bond acceptors (Lipinski definition) is 3. The van der Waals surface area contributed by atoms with Crippen molar-refractivity contribution in [1.29, 1.82) is 0 Å². The van der Waals surface area contributed by atoms with E-state index < -0.39 is 0 Å².